The van der Waals surface area contributed by atoms with Gasteiger partial charge in [0.2, 0.25) is 10.0 Å². The van der Waals surface area contributed by atoms with Crippen LogP contribution in [0.5, 0.6) is 0 Å². The first kappa shape index (κ1) is 21.4. The average molecular weight is 491 g/mol. The summed E-state index contributed by atoms with van der Waals surface area (Å²) in [6.45, 7) is 0.770. The highest BCUT2D eigenvalue weighted by Crippen LogP contribution is 2.18. The summed E-state index contributed by atoms with van der Waals surface area (Å²) in [6.07, 6.45) is 3.44. The number of thiocarbonyl (C=S) groups is 1. The molecule has 2 aromatic carbocycles. The zero-order chi connectivity index (χ0) is 20.7. The smallest absolute Gasteiger partial charge is 0.240 e. The van der Waals surface area contributed by atoms with Crippen LogP contribution in [0.4, 0.5) is 5.69 Å². The van der Waals surface area contributed by atoms with Gasteiger partial charge in [-0.3, -0.25) is 4.98 Å². The molecular weight excluding hydrogens is 472 g/mol. The van der Waals surface area contributed by atoms with Crippen LogP contribution in [0.1, 0.15) is 11.1 Å². The fraction of sp³-hybridized carbons (Fsp3) is 0.100. The molecule has 0 spiro atoms. The molecule has 0 saturated carbocycles. The monoisotopic (exact) mass is 490 g/mol. The molecule has 0 radical (unpaired) electrons. The van der Waals surface area contributed by atoms with Crippen molar-refractivity contribution in [1.82, 2.24) is 15.0 Å². The molecule has 0 aliphatic carbocycles. The number of hydrogen-bond donors (Lipinski definition) is 3. The highest BCUT2D eigenvalue weighted by Gasteiger charge is 2.14. The van der Waals surface area contributed by atoms with E-state index in [0.29, 0.717) is 17.3 Å². The molecule has 0 saturated heterocycles. The van der Waals surface area contributed by atoms with Crippen molar-refractivity contribution >= 4 is 49.0 Å². The maximum Gasteiger partial charge on any atom is 0.240 e. The van der Waals surface area contributed by atoms with E-state index in [4.69, 9.17) is 12.2 Å². The van der Waals surface area contributed by atoms with E-state index in [1.165, 1.54) is 12.1 Å². The van der Waals surface area contributed by atoms with Gasteiger partial charge in [0.25, 0.3) is 0 Å². The Morgan fingerprint density at radius 1 is 0.966 bits per heavy atom. The second-order valence-corrected chi connectivity index (χ2v) is 9.13. The van der Waals surface area contributed by atoms with Crippen LogP contribution in [0.3, 0.4) is 0 Å². The van der Waals surface area contributed by atoms with Crippen molar-refractivity contribution < 1.29 is 8.42 Å². The van der Waals surface area contributed by atoms with Crippen LogP contribution in [-0.4, -0.2) is 18.5 Å². The SMILES string of the molecule is O=S(=O)(NCc1ccccc1Br)c1ccc(NC(=S)NCc2ccncc2)cc1. The maximum atomic E-state index is 12.5. The lowest BCUT2D eigenvalue weighted by Crippen LogP contribution is -2.28. The van der Waals surface area contributed by atoms with Crippen molar-refractivity contribution in [3.05, 3.63) is 88.7 Å². The molecule has 150 valence electrons. The lowest BCUT2D eigenvalue weighted by atomic mass is 10.2. The number of nitrogens with one attached hydrogen (secondary N) is 3. The average Bonchev–Trinajstić information content (AvgIpc) is 2.73. The third kappa shape index (κ3) is 6.33. The molecule has 3 N–H and O–H groups in total. The summed E-state index contributed by atoms with van der Waals surface area (Å²) in [6, 6.07) is 17.7. The van der Waals surface area contributed by atoms with Crippen molar-refractivity contribution in [3.63, 3.8) is 0 Å². The molecule has 29 heavy (non-hydrogen) atoms. The Morgan fingerprint density at radius 2 is 1.66 bits per heavy atom. The lowest BCUT2D eigenvalue weighted by molar-refractivity contribution is 0.581. The van der Waals surface area contributed by atoms with E-state index >= 15 is 0 Å². The van der Waals surface area contributed by atoms with Crippen molar-refractivity contribution in [1.29, 1.82) is 0 Å². The third-order valence-corrected chi connectivity index (χ3v) is 6.47. The van der Waals surface area contributed by atoms with Crippen molar-refractivity contribution in [2.45, 2.75) is 18.0 Å². The molecule has 3 rings (SSSR count). The van der Waals surface area contributed by atoms with Crippen LogP contribution < -0.4 is 15.4 Å². The van der Waals surface area contributed by atoms with Crippen LogP contribution in [0.25, 0.3) is 0 Å². The van der Waals surface area contributed by atoms with E-state index in [1.54, 1.807) is 24.5 Å². The number of benzene rings is 2. The molecule has 1 aromatic heterocycles. The van der Waals surface area contributed by atoms with Gasteiger partial charge in [0.1, 0.15) is 0 Å². The number of nitrogens with zero attached hydrogens (tertiary/aromatic N) is 1. The molecule has 0 bridgehead atoms. The summed E-state index contributed by atoms with van der Waals surface area (Å²) in [4.78, 5) is 4.16. The summed E-state index contributed by atoms with van der Waals surface area (Å²) < 4.78 is 28.5. The maximum absolute atomic E-state index is 12.5. The molecule has 0 aliphatic rings. The predicted molar refractivity (Wildman–Crippen MR) is 122 cm³/mol. The number of hydrogen-bond acceptors (Lipinski definition) is 4. The molecule has 6 nitrogen and oxygen atoms in total. The molecule has 9 heteroatoms. The lowest BCUT2D eigenvalue weighted by Gasteiger charge is -2.12. The van der Waals surface area contributed by atoms with Gasteiger partial charge in [0.15, 0.2) is 5.11 Å². The Bertz CT molecular complexity index is 1080. The first-order chi connectivity index (χ1) is 13.9. The summed E-state index contributed by atoms with van der Waals surface area (Å²) in [7, 11) is -3.62. The predicted octanol–water partition coefficient (Wildman–Crippen LogP) is 3.81. The highest BCUT2D eigenvalue weighted by molar-refractivity contribution is 9.10. The number of halogens is 1. The zero-order valence-electron chi connectivity index (χ0n) is 15.3. The summed E-state index contributed by atoms with van der Waals surface area (Å²) >= 11 is 8.69. The molecule has 3 aromatic rings. The Kier molecular flexibility index (Phi) is 7.32. The molecule has 0 unspecified atom stereocenters. The minimum atomic E-state index is -3.62. The van der Waals surface area contributed by atoms with E-state index in [-0.39, 0.29) is 11.4 Å². The second kappa shape index (κ2) is 9.93. The van der Waals surface area contributed by atoms with Gasteiger partial charge in [-0.2, -0.15) is 0 Å². The number of sulfonamides is 1. The highest BCUT2D eigenvalue weighted by atomic mass is 79.9. The molecule has 1 heterocycles. The van der Waals surface area contributed by atoms with Crippen LogP contribution in [0, 0.1) is 0 Å². The minimum Gasteiger partial charge on any atom is -0.358 e. The molecule has 0 atom stereocenters. The Morgan fingerprint density at radius 3 is 2.34 bits per heavy atom. The van der Waals surface area contributed by atoms with Crippen LogP contribution in [0.2, 0.25) is 0 Å². The number of aromatic nitrogens is 1. The third-order valence-electron chi connectivity index (χ3n) is 4.04. The van der Waals surface area contributed by atoms with Gasteiger partial charge in [-0.25, -0.2) is 13.1 Å². The molecule has 0 aliphatic heterocycles. The first-order valence-corrected chi connectivity index (χ1v) is 11.4. The van der Waals surface area contributed by atoms with Gasteiger partial charge in [0, 0.05) is 35.6 Å². The first-order valence-electron chi connectivity index (χ1n) is 8.71. The normalized spacial score (nSPS) is 11.1. The van der Waals surface area contributed by atoms with Gasteiger partial charge >= 0.3 is 0 Å². The van der Waals surface area contributed by atoms with Crippen molar-refractivity contribution in [2.75, 3.05) is 5.32 Å². The minimum absolute atomic E-state index is 0.186. The van der Waals surface area contributed by atoms with E-state index < -0.39 is 10.0 Å². The van der Waals surface area contributed by atoms with E-state index in [1.807, 2.05) is 36.4 Å². The molecule has 0 amide bonds. The van der Waals surface area contributed by atoms with Gasteiger partial charge in [-0.1, -0.05) is 34.1 Å². The summed E-state index contributed by atoms with van der Waals surface area (Å²) in [5.41, 5.74) is 2.61. The topological polar surface area (TPSA) is 83.1 Å². The quantitative estimate of drug-likeness (QED) is 0.436. The molecular formula is C20H19BrN4O2S2. The zero-order valence-corrected chi connectivity index (χ0v) is 18.5. The summed E-state index contributed by atoms with van der Waals surface area (Å²) in [5, 5.41) is 6.58. The van der Waals surface area contributed by atoms with Crippen molar-refractivity contribution in [2.24, 2.45) is 0 Å². The van der Waals surface area contributed by atoms with Crippen LogP contribution in [0.15, 0.2) is 82.4 Å². The fourth-order valence-corrected chi connectivity index (χ4v) is 4.10. The van der Waals surface area contributed by atoms with Gasteiger partial charge in [-0.15, -0.1) is 0 Å². The van der Waals surface area contributed by atoms with Crippen molar-refractivity contribution in [3.8, 4) is 0 Å². The van der Waals surface area contributed by atoms with E-state index in [0.717, 1.165) is 15.6 Å². The largest absolute Gasteiger partial charge is 0.358 e. The van der Waals surface area contributed by atoms with E-state index in [2.05, 4.69) is 36.3 Å². The molecule has 0 fully saturated rings. The standard InChI is InChI=1S/C20H19BrN4O2S2/c21-19-4-2-1-3-16(19)14-24-29(26,27)18-7-5-17(6-8-18)25-20(28)23-13-15-9-11-22-12-10-15/h1-12,24H,13-14H2,(H2,23,25,28). The Hall–Kier alpha value is -2.33. The number of rotatable bonds is 7. The Labute approximate surface area is 183 Å². The van der Waals surface area contributed by atoms with Crippen LogP contribution >= 0.6 is 28.1 Å². The summed E-state index contributed by atoms with van der Waals surface area (Å²) in [5.74, 6) is 0. The second-order valence-electron chi connectivity index (χ2n) is 6.10. The number of pyridine rings is 1. The van der Waals surface area contributed by atoms with Gasteiger partial charge in [0.05, 0.1) is 4.90 Å². The number of anilines is 1. The van der Waals surface area contributed by atoms with Gasteiger partial charge < -0.3 is 10.6 Å². The van der Waals surface area contributed by atoms with Crippen LogP contribution in [-0.2, 0) is 23.1 Å². The Balaban J connectivity index is 1.56. The van der Waals surface area contributed by atoms with E-state index in [9.17, 15) is 8.42 Å². The van der Waals surface area contributed by atoms with Gasteiger partial charge in [-0.05, 0) is 65.8 Å². The fourth-order valence-electron chi connectivity index (χ4n) is 2.47.